The van der Waals surface area contributed by atoms with Crippen LogP contribution in [0.5, 0.6) is 0 Å². The highest BCUT2D eigenvalue weighted by atomic mass is 16.5. The van der Waals surface area contributed by atoms with Crippen LogP contribution in [0.15, 0.2) is 92.3 Å². The van der Waals surface area contributed by atoms with Crippen LogP contribution >= 0.6 is 0 Å². The minimum absolute atomic E-state index is 0.592. The van der Waals surface area contributed by atoms with Gasteiger partial charge in [0.1, 0.15) is 31.3 Å². The number of rotatable bonds is 45. The summed E-state index contributed by atoms with van der Waals surface area (Å²) in [5.74, 6) is 0.718. The van der Waals surface area contributed by atoms with Gasteiger partial charge in [-0.05, 0) is 171 Å². The Labute approximate surface area is 753 Å². The Hall–Kier alpha value is -8.81. The first-order chi connectivity index (χ1) is 59.8. The van der Waals surface area contributed by atoms with Gasteiger partial charge < -0.3 is 106 Å². The molecule has 0 atom stereocenters. The molecular weight excluding hydrogens is 1560 g/mol. The molecule has 29 heteroatoms. The highest BCUT2D eigenvalue weighted by Crippen LogP contribution is 2.25. The molecule has 0 saturated carbocycles. The van der Waals surface area contributed by atoms with Crippen molar-refractivity contribution in [1.82, 2.24) is 39.4 Å². The molecule has 11 rings (SSSR count). The Morgan fingerprint density at radius 3 is 1.10 bits per heavy atom. The zero-order chi connectivity index (χ0) is 90.8. The number of nitrogen functional groups attached to an aromatic ring is 12. The van der Waals surface area contributed by atoms with Gasteiger partial charge in [0.05, 0.1) is 289 Å². The van der Waals surface area contributed by atoms with Gasteiger partial charge in [0, 0.05) is 51.9 Å². The van der Waals surface area contributed by atoms with E-state index in [0.717, 1.165) is 178 Å². The molecule has 0 aromatic carbocycles. The van der Waals surface area contributed by atoms with E-state index in [0.29, 0.717) is 45.5 Å². The summed E-state index contributed by atoms with van der Waals surface area (Å²) in [6.07, 6.45) is 56.6. The summed E-state index contributed by atoms with van der Waals surface area (Å²) in [6.45, 7) is 24.6. The molecule has 4 saturated heterocycles. The topological polar surface area (TPSA) is 432 Å². The number of quaternary nitrogens is 5. The molecule has 4 fully saturated rings. The molecule has 0 unspecified atom stereocenters. The minimum atomic E-state index is 0.592. The third-order valence-electron chi connectivity index (χ3n) is 25.0. The third-order valence-corrected chi connectivity index (χ3v) is 25.0. The molecule has 25 N–H and O–H groups in total. The van der Waals surface area contributed by atoms with Crippen molar-refractivity contribution < 1.29 is 36.5 Å². The van der Waals surface area contributed by atoms with E-state index in [1.165, 1.54) is 251 Å². The molecule has 700 valence electrons. The molecule has 7 aromatic rings. The summed E-state index contributed by atoms with van der Waals surface area (Å²) in [4.78, 5) is 28.3. The normalized spacial score (nSPS) is 15.7. The van der Waals surface area contributed by atoms with Crippen molar-refractivity contribution in [3.05, 3.63) is 121 Å². The second kappa shape index (κ2) is 57.1. The lowest BCUT2D eigenvalue weighted by atomic mass is 10.1. The monoisotopic (exact) mass is 1740 g/mol. The lowest BCUT2D eigenvalue weighted by Gasteiger charge is -2.39. The number of nitrogens with two attached hydrogens (primary N) is 12. The number of hydrogen-bond donors (Lipinski definition) is 13. The number of likely N-dealkylation sites (tertiary alicyclic amines) is 2. The molecule has 125 heavy (non-hydrogen) atoms. The largest absolute Gasteiger partial charge is 0.397 e. The zero-order valence-electron chi connectivity index (χ0n) is 79.3. The van der Waals surface area contributed by atoms with Crippen molar-refractivity contribution in [3.8, 4) is 0 Å². The van der Waals surface area contributed by atoms with Crippen LogP contribution < -0.4 is 78.7 Å². The summed E-state index contributed by atoms with van der Waals surface area (Å²) >= 11 is 0. The van der Waals surface area contributed by atoms with Crippen molar-refractivity contribution >= 4 is 74.1 Å². The van der Waals surface area contributed by atoms with Crippen LogP contribution in [0.4, 0.5) is 74.1 Å². The second-order valence-corrected chi connectivity index (χ2v) is 38.5. The summed E-state index contributed by atoms with van der Waals surface area (Å²) in [5.41, 5.74) is 82.0. The first-order valence-corrected chi connectivity index (χ1v) is 47.5. The van der Waals surface area contributed by atoms with Crippen molar-refractivity contribution in [3.63, 3.8) is 0 Å². The Kier molecular flexibility index (Phi) is 47.9. The highest BCUT2D eigenvalue weighted by molar-refractivity contribution is 5.65. The van der Waals surface area contributed by atoms with Gasteiger partial charge in [-0.3, -0.25) is 29.8 Å². The van der Waals surface area contributed by atoms with Crippen LogP contribution in [-0.2, 0) is 55.2 Å². The lowest BCUT2D eigenvalue weighted by Crippen LogP contribution is -2.54. The number of anilines is 13. The zero-order valence-corrected chi connectivity index (χ0v) is 79.3. The third kappa shape index (κ3) is 45.5. The SMILES string of the molecule is C[N+](C)(C)CCCNc1ncc(N)cc1N.C[N+]1(C)CCN(CCCCCCCc2ncc(N)cc2N)CC1.C[N+]1(CCCCCCCc2ncc(N)cc2N)CCCC1.C[N+]1(CCCCCCCc2ncc(N)cc2N)CCOCC1.C[N+]1(CCCOCCCc2ncc(N)cc2N)CCCCC1.C[n+]1ccn(CCCCCCCc2ncc(N)cc2N)c1. The lowest BCUT2D eigenvalue weighted by molar-refractivity contribution is -0.917. The number of nitrogens with one attached hydrogen (secondary N) is 1. The van der Waals surface area contributed by atoms with E-state index in [1.54, 1.807) is 67.5 Å². The molecule has 7 aromatic heterocycles. The second-order valence-electron chi connectivity index (χ2n) is 38.5. The number of imidazole rings is 1. The van der Waals surface area contributed by atoms with Crippen LogP contribution in [0, 0.1) is 0 Å². The maximum Gasteiger partial charge on any atom is 0.243 e. The first-order valence-electron chi connectivity index (χ1n) is 47.5. The van der Waals surface area contributed by atoms with Gasteiger partial charge >= 0.3 is 0 Å². The fraction of sp³-hybridized carbons (Fsp3) is 0.656. The molecule has 4 aliphatic heterocycles. The van der Waals surface area contributed by atoms with Gasteiger partial charge in [0.15, 0.2) is 0 Å². The summed E-state index contributed by atoms with van der Waals surface area (Å²) in [7, 11) is 20.4. The standard InChI is InChI=1S/C18H34N5.2C17H31N4O.C17H31N4.C16H26N5.C11H22N5/c1-23(2)12-10-22(11-13-23)9-7-5-3-4-6-8-18-17(20)14-16(19)15-21-18;1-21(8-3-2-4-9-21)10-6-12-22-11-5-7-17-16(19)13-15(18)14-20-17;1-21(9-11-22-12-10-21)8-6-4-2-3-5-7-17-16(19)13-15(18)14-20-17;1-21(11-7-8-12-21)10-6-4-2-3-5-9-17-16(19)13-15(18)14-20-17;1-20-9-10-21(13-20)8-6-4-2-3-5-7-16-15(18)11-14(17)12-19-16;1-16(2,3)6-4-5-14-11-10(13)7-9(12)8-15-11/h14-15H,3-13,19-20H2,1-2H3;2*13-14H,2-12,18-19H2,1H3;13-14H,2-12,18-19H2,1H3;9-13H,2-8,17-18H2,1H3;7-8H,4-6,12-13H2,1-3H3,(H,14,15)/q6*+1. The number of unbranched alkanes of at least 4 members (excludes halogenated alkanes) is 16. The number of likely N-dealkylation sites (N-methyl/N-ethyl adjacent to an activating group) is 2. The van der Waals surface area contributed by atoms with E-state index in [4.69, 9.17) is 78.3 Å². The van der Waals surface area contributed by atoms with Gasteiger partial charge in [-0.15, -0.1) is 0 Å². The number of morpholine rings is 1. The minimum Gasteiger partial charge on any atom is -0.397 e. The molecule has 0 radical (unpaired) electrons. The Bertz CT molecular complexity index is 3980. The molecule has 0 aliphatic carbocycles. The van der Waals surface area contributed by atoms with Crippen molar-refractivity contribution in [1.29, 1.82) is 0 Å². The average molecular weight is 1740 g/mol. The summed E-state index contributed by atoms with van der Waals surface area (Å²) in [5, 5.41) is 3.21. The number of aromatic nitrogens is 8. The summed E-state index contributed by atoms with van der Waals surface area (Å²) in [6, 6.07) is 10.7. The maximum absolute atomic E-state index is 5.94. The Morgan fingerprint density at radius 1 is 0.384 bits per heavy atom. The number of nitrogens with zero attached hydrogens (tertiary/aromatic N) is 14. The predicted molar refractivity (Wildman–Crippen MR) is 525 cm³/mol. The number of piperidine rings is 1. The van der Waals surface area contributed by atoms with Crippen LogP contribution in [0.2, 0.25) is 0 Å². The number of hydrogen-bond acceptors (Lipinski definition) is 22. The number of aryl methyl sites for hydroxylation is 7. The predicted octanol–water partition coefficient (Wildman–Crippen LogP) is 12.4. The quantitative estimate of drug-likeness (QED) is 0.00958. The smallest absolute Gasteiger partial charge is 0.243 e. The van der Waals surface area contributed by atoms with Crippen molar-refractivity contribution in [2.45, 2.75) is 218 Å². The maximum atomic E-state index is 5.94. The van der Waals surface area contributed by atoms with E-state index in [9.17, 15) is 0 Å². The van der Waals surface area contributed by atoms with Gasteiger partial charge in [0.2, 0.25) is 6.33 Å². The van der Waals surface area contributed by atoms with Gasteiger partial charge in [0.25, 0.3) is 0 Å². The summed E-state index contributed by atoms with van der Waals surface area (Å²) < 4.78 is 21.4. The van der Waals surface area contributed by atoms with Crippen LogP contribution in [-0.4, -0.2) is 249 Å². The van der Waals surface area contributed by atoms with E-state index >= 15 is 0 Å². The Balaban J connectivity index is 0.000000232. The van der Waals surface area contributed by atoms with E-state index in [1.807, 2.05) is 13.1 Å². The molecule has 0 bridgehead atoms. The average Bonchev–Trinajstić information content (AvgIpc) is 1.45. The number of pyridine rings is 6. The van der Waals surface area contributed by atoms with Gasteiger partial charge in [-0.2, -0.15) is 0 Å². The fourth-order valence-electron chi connectivity index (χ4n) is 16.7. The molecule has 0 amide bonds. The molecule has 29 nitrogen and oxygen atoms in total. The fourth-order valence-corrected chi connectivity index (χ4v) is 16.7. The molecule has 11 heterocycles. The molecule has 4 aliphatic rings. The van der Waals surface area contributed by atoms with Gasteiger partial charge in [-0.25, -0.2) is 14.1 Å². The highest BCUT2D eigenvalue weighted by Gasteiger charge is 2.28. The van der Waals surface area contributed by atoms with E-state index in [2.05, 4.69) is 124 Å². The van der Waals surface area contributed by atoms with Crippen molar-refractivity contribution in [2.75, 3.05) is 262 Å². The van der Waals surface area contributed by atoms with E-state index < -0.39 is 0 Å². The van der Waals surface area contributed by atoms with Crippen molar-refractivity contribution in [2.24, 2.45) is 7.05 Å². The van der Waals surface area contributed by atoms with Gasteiger partial charge in [-0.1, -0.05) is 57.8 Å². The molecule has 0 spiro atoms. The molecular formula is C96H175N27O2+6. The first kappa shape index (κ1) is 105. The van der Waals surface area contributed by atoms with Crippen LogP contribution in [0.1, 0.15) is 208 Å². The van der Waals surface area contributed by atoms with Crippen LogP contribution in [0.3, 0.4) is 0 Å². The number of piperazine rings is 1. The number of ether oxygens (including phenoxy) is 2. The Morgan fingerprint density at radius 2 is 0.720 bits per heavy atom. The van der Waals surface area contributed by atoms with Crippen LogP contribution in [0.25, 0.3) is 0 Å². The van der Waals surface area contributed by atoms with E-state index in [-0.39, 0.29) is 0 Å².